The molecule has 2 aromatic rings. The third-order valence-electron chi connectivity index (χ3n) is 9.15. The lowest BCUT2D eigenvalue weighted by atomic mass is 9.60. The van der Waals surface area contributed by atoms with E-state index in [9.17, 15) is 9.90 Å². The summed E-state index contributed by atoms with van der Waals surface area (Å²) in [4.78, 5) is 14.2. The number of benzene rings is 2. The van der Waals surface area contributed by atoms with Crippen molar-refractivity contribution in [3.05, 3.63) is 89.0 Å². The van der Waals surface area contributed by atoms with Crippen LogP contribution in [0.15, 0.2) is 77.9 Å². The Kier molecular flexibility index (Phi) is 6.02. The van der Waals surface area contributed by atoms with Crippen LogP contribution >= 0.6 is 0 Å². The lowest BCUT2D eigenvalue weighted by Crippen LogP contribution is -2.59. The smallest absolute Gasteiger partial charge is 0.175 e. The summed E-state index contributed by atoms with van der Waals surface area (Å²) < 4.78 is 6.90. The van der Waals surface area contributed by atoms with Gasteiger partial charge in [0.2, 0.25) is 0 Å². The number of carbonyl (C=O) groups excluding carboxylic acids is 1. The quantitative estimate of drug-likeness (QED) is 0.383. The molecule has 3 heteroatoms. The Morgan fingerprint density at radius 3 is 2.43 bits per heavy atom. The van der Waals surface area contributed by atoms with E-state index in [0.717, 1.165) is 61.6 Å². The third kappa shape index (κ3) is 3.93. The first-order valence-corrected chi connectivity index (χ1v) is 13.5. The average molecular weight is 469 g/mol. The molecular weight excluding hydrogens is 432 g/mol. The van der Waals surface area contributed by atoms with Crippen molar-refractivity contribution in [1.82, 2.24) is 0 Å². The summed E-state index contributed by atoms with van der Waals surface area (Å²) in [5.74, 6) is -0.944. The molecule has 5 atom stereocenters. The van der Waals surface area contributed by atoms with Crippen molar-refractivity contribution in [2.75, 3.05) is 0 Å². The van der Waals surface area contributed by atoms with Crippen LogP contribution in [0, 0.1) is 17.3 Å². The van der Waals surface area contributed by atoms with Crippen LogP contribution in [0.25, 0.3) is 6.08 Å². The van der Waals surface area contributed by atoms with Gasteiger partial charge in [-0.2, -0.15) is 0 Å². The summed E-state index contributed by atoms with van der Waals surface area (Å²) in [5.41, 5.74) is 3.75. The fraction of sp³-hybridized carbons (Fsp3) is 0.469. The lowest BCUT2D eigenvalue weighted by molar-refractivity contribution is -0.340. The zero-order chi connectivity index (χ0) is 23.9. The normalized spacial score (nSPS) is 36.3. The predicted octanol–water partition coefficient (Wildman–Crippen LogP) is 7.19. The SMILES string of the molecule is O=C1C(=Cc2ccccc2)CC[C@]12C[C@@H]1CCC[C@H](C3=CCCCC3)[C@]1(O)O[C@@H]2c1ccccc1. The van der Waals surface area contributed by atoms with Crippen LogP contribution in [-0.2, 0) is 9.53 Å². The number of allylic oxidation sites excluding steroid dienone is 2. The highest BCUT2D eigenvalue weighted by Gasteiger charge is 2.63. The lowest BCUT2D eigenvalue weighted by Gasteiger charge is -2.56. The molecule has 2 saturated carbocycles. The van der Waals surface area contributed by atoms with E-state index in [1.807, 2.05) is 36.4 Å². The van der Waals surface area contributed by atoms with Crippen molar-refractivity contribution >= 4 is 11.9 Å². The Morgan fingerprint density at radius 1 is 0.914 bits per heavy atom. The topological polar surface area (TPSA) is 46.5 Å². The molecule has 6 rings (SSSR count). The fourth-order valence-electron chi connectivity index (χ4n) is 7.42. The molecule has 0 radical (unpaired) electrons. The number of ketones is 1. The highest BCUT2D eigenvalue weighted by Crippen LogP contribution is 2.62. The van der Waals surface area contributed by atoms with Crippen LogP contribution in [0.3, 0.4) is 0 Å². The first-order valence-electron chi connectivity index (χ1n) is 13.5. The maximum Gasteiger partial charge on any atom is 0.175 e. The van der Waals surface area contributed by atoms with Gasteiger partial charge < -0.3 is 9.84 Å². The van der Waals surface area contributed by atoms with Gasteiger partial charge in [0.25, 0.3) is 0 Å². The standard InChI is InChI=1S/C32H36O3/c33-29-26(21-23-11-4-1-5-12-23)19-20-31(29)22-27-17-10-18-28(24-13-6-2-7-14-24)32(27,34)35-30(31)25-15-8-3-9-16-25/h1,3-5,8-9,11-13,15-16,21,27-28,30,34H,2,6-7,10,14,17-20,22H2/t27-,28+,30+,31-,32+/m0/s1. The molecule has 2 aromatic carbocycles. The number of rotatable bonds is 3. The zero-order valence-corrected chi connectivity index (χ0v) is 20.5. The summed E-state index contributed by atoms with van der Waals surface area (Å²) in [6, 6.07) is 20.3. The minimum Gasteiger partial charge on any atom is -0.365 e. The minimum atomic E-state index is -1.20. The van der Waals surface area contributed by atoms with Gasteiger partial charge in [-0.05, 0) is 80.6 Å². The molecule has 35 heavy (non-hydrogen) atoms. The monoisotopic (exact) mass is 468 g/mol. The Morgan fingerprint density at radius 2 is 1.69 bits per heavy atom. The van der Waals surface area contributed by atoms with Crippen LogP contribution in [0.1, 0.15) is 81.4 Å². The summed E-state index contributed by atoms with van der Waals surface area (Å²) in [6.45, 7) is 0. The first-order chi connectivity index (χ1) is 17.1. The second-order valence-electron chi connectivity index (χ2n) is 11.1. The molecule has 0 unspecified atom stereocenters. The van der Waals surface area contributed by atoms with Crippen molar-refractivity contribution in [2.45, 2.75) is 76.1 Å². The molecule has 1 spiro atoms. The molecule has 182 valence electrons. The third-order valence-corrected chi connectivity index (χ3v) is 9.15. The van der Waals surface area contributed by atoms with E-state index in [4.69, 9.17) is 4.74 Å². The van der Waals surface area contributed by atoms with Gasteiger partial charge in [-0.15, -0.1) is 0 Å². The van der Waals surface area contributed by atoms with Gasteiger partial charge in [0, 0.05) is 11.8 Å². The summed E-state index contributed by atoms with van der Waals surface area (Å²) in [7, 11) is 0. The second kappa shape index (κ2) is 9.19. The van der Waals surface area contributed by atoms with Crippen LogP contribution in [0.2, 0.25) is 0 Å². The molecule has 4 aliphatic rings. The maximum atomic E-state index is 14.2. The van der Waals surface area contributed by atoms with Crippen LogP contribution in [0.4, 0.5) is 0 Å². The Hall–Kier alpha value is -2.49. The van der Waals surface area contributed by atoms with Gasteiger partial charge in [0.05, 0.1) is 11.5 Å². The first kappa shape index (κ1) is 22.9. The van der Waals surface area contributed by atoms with E-state index in [0.29, 0.717) is 6.42 Å². The van der Waals surface area contributed by atoms with E-state index < -0.39 is 17.3 Å². The van der Waals surface area contributed by atoms with Crippen molar-refractivity contribution in [2.24, 2.45) is 17.3 Å². The number of carbonyl (C=O) groups is 1. The molecule has 1 aliphatic heterocycles. The predicted molar refractivity (Wildman–Crippen MR) is 138 cm³/mol. The molecule has 1 saturated heterocycles. The van der Waals surface area contributed by atoms with Gasteiger partial charge >= 0.3 is 0 Å². The van der Waals surface area contributed by atoms with Gasteiger partial charge in [-0.1, -0.05) is 78.7 Å². The van der Waals surface area contributed by atoms with Crippen molar-refractivity contribution in [1.29, 1.82) is 0 Å². The van der Waals surface area contributed by atoms with E-state index in [2.05, 4.69) is 36.4 Å². The summed E-state index contributed by atoms with van der Waals surface area (Å²) in [6.07, 6.45) is 13.8. The average Bonchev–Trinajstić information content (AvgIpc) is 3.20. The largest absolute Gasteiger partial charge is 0.365 e. The van der Waals surface area contributed by atoms with Crippen molar-refractivity contribution in [3.8, 4) is 0 Å². The van der Waals surface area contributed by atoms with Crippen molar-refractivity contribution in [3.63, 3.8) is 0 Å². The molecule has 0 aromatic heterocycles. The van der Waals surface area contributed by atoms with Crippen LogP contribution < -0.4 is 0 Å². The van der Waals surface area contributed by atoms with E-state index in [1.54, 1.807) is 0 Å². The number of hydrogen-bond acceptors (Lipinski definition) is 3. The molecular formula is C32H36O3. The molecule has 3 fully saturated rings. The zero-order valence-electron chi connectivity index (χ0n) is 20.5. The second-order valence-corrected chi connectivity index (χ2v) is 11.1. The Balaban J connectivity index is 1.40. The van der Waals surface area contributed by atoms with Crippen LogP contribution in [0.5, 0.6) is 0 Å². The molecule has 3 aliphatic carbocycles. The number of aliphatic hydroxyl groups is 1. The fourth-order valence-corrected chi connectivity index (χ4v) is 7.42. The van der Waals surface area contributed by atoms with Gasteiger partial charge in [-0.3, -0.25) is 4.79 Å². The number of fused-ring (bicyclic) bond motifs is 1. The van der Waals surface area contributed by atoms with Crippen molar-refractivity contribution < 1.29 is 14.6 Å². The van der Waals surface area contributed by atoms with Gasteiger partial charge in [0.1, 0.15) is 0 Å². The molecule has 0 bridgehead atoms. The van der Waals surface area contributed by atoms with E-state index >= 15 is 0 Å². The maximum absolute atomic E-state index is 14.2. The Bertz CT molecular complexity index is 1130. The molecule has 3 nitrogen and oxygen atoms in total. The van der Waals surface area contributed by atoms with E-state index in [1.165, 1.54) is 18.4 Å². The highest BCUT2D eigenvalue weighted by molar-refractivity contribution is 6.06. The summed E-state index contributed by atoms with van der Waals surface area (Å²) in [5, 5.41) is 12.3. The highest BCUT2D eigenvalue weighted by atomic mass is 16.6. The molecule has 0 amide bonds. The molecule has 1 N–H and O–H groups in total. The summed E-state index contributed by atoms with van der Waals surface area (Å²) >= 11 is 0. The minimum absolute atomic E-state index is 0.0101. The van der Waals surface area contributed by atoms with Crippen LogP contribution in [-0.4, -0.2) is 16.7 Å². The number of hydrogen-bond donors (Lipinski definition) is 1. The van der Waals surface area contributed by atoms with Gasteiger partial charge in [-0.25, -0.2) is 0 Å². The Labute approximate surface area is 208 Å². The van der Waals surface area contributed by atoms with Gasteiger partial charge in [0.15, 0.2) is 11.6 Å². The number of ether oxygens (including phenoxy) is 1. The molecule has 1 heterocycles. The van der Waals surface area contributed by atoms with E-state index in [-0.39, 0.29) is 17.6 Å². The number of Topliss-reactive ketones (excluding diaryl/α,β-unsaturated/α-hetero) is 1.